The van der Waals surface area contributed by atoms with Gasteiger partial charge in [0.15, 0.2) is 0 Å². The van der Waals surface area contributed by atoms with Crippen LogP contribution in [-0.2, 0) is 22.6 Å². The molecule has 1 saturated heterocycles. The second-order valence-corrected chi connectivity index (χ2v) is 8.83. The molecule has 1 aliphatic heterocycles. The molecule has 1 heterocycles. The Balaban J connectivity index is 1.50. The van der Waals surface area contributed by atoms with Crippen LogP contribution in [0.5, 0.6) is 0 Å². The highest BCUT2D eigenvalue weighted by Gasteiger charge is 2.20. The van der Waals surface area contributed by atoms with Gasteiger partial charge >= 0.3 is 0 Å². The third kappa shape index (κ3) is 6.87. The molecule has 5 nitrogen and oxygen atoms in total. The zero-order valence-electron chi connectivity index (χ0n) is 19.9. The van der Waals surface area contributed by atoms with Crippen molar-refractivity contribution in [3.63, 3.8) is 0 Å². The zero-order valence-corrected chi connectivity index (χ0v) is 19.9. The number of halogens is 1. The largest absolute Gasteiger partial charge is 0.340 e. The van der Waals surface area contributed by atoms with Gasteiger partial charge in [-0.3, -0.25) is 9.59 Å². The van der Waals surface area contributed by atoms with Crippen LogP contribution >= 0.6 is 0 Å². The number of rotatable bonds is 7. The first-order valence-electron chi connectivity index (χ1n) is 11.8. The maximum Gasteiger partial charge on any atom is 0.251 e. The van der Waals surface area contributed by atoms with Crippen LogP contribution in [0.25, 0.3) is 6.08 Å². The Kier molecular flexibility index (Phi) is 8.06. The Morgan fingerprint density at radius 1 is 0.886 bits per heavy atom. The molecule has 0 atom stereocenters. The number of nitrogens with zero attached hydrogens (tertiary/aromatic N) is 3. The van der Waals surface area contributed by atoms with Crippen molar-refractivity contribution in [2.24, 2.45) is 0 Å². The second kappa shape index (κ2) is 11.6. The minimum absolute atomic E-state index is 0.115. The van der Waals surface area contributed by atoms with E-state index in [9.17, 15) is 14.0 Å². The van der Waals surface area contributed by atoms with Gasteiger partial charge in [0.1, 0.15) is 5.82 Å². The number of amides is 2. The first-order chi connectivity index (χ1) is 17.0. The number of hydrogen-bond donors (Lipinski definition) is 0. The number of anilines is 1. The average molecular weight is 472 g/mol. The molecule has 35 heavy (non-hydrogen) atoms. The molecule has 3 aromatic rings. The van der Waals surface area contributed by atoms with Crippen LogP contribution in [0.2, 0.25) is 0 Å². The molecular formula is C29H30FN3O2. The summed E-state index contributed by atoms with van der Waals surface area (Å²) in [4.78, 5) is 31.6. The Labute approximate surface area is 206 Å². The van der Waals surface area contributed by atoms with Crippen LogP contribution in [0.3, 0.4) is 0 Å². The molecule has 4 rings (SSSR count). The molecule has 0 saturated carbocycles. The normalized spacial score (nSPS) is 14.3. The number of carbonyl (C=O) groups is 2. The number of hydrogen-bond acceptors (Lipinski definition) is 3. The predicted molar refractivity (Wildman–Crippen MR) is 137 cm³/mol. The maximum absolute atomic E-state index is 13.8. The lowest BCUT2D eigenvalue weighted by Crippen LogP contribution is -2.47. The molecule has 1 aliphatic rings. The summed E-state index contributed by atoms with van der Waals surface area (Å²) < 4.78 is 13.8. The van der Waals surface area contributed by atoms with E-state index in [1.54, 1.807) is 23.1 Å². The Hall–Kier alpha value is -3.77. The van der Waals surface area contributed by atoms with Crippen LogP contribution in [0.1, 0.15) is 16.7 Å². The summed E-state index contributed by atoms with van der Waals surface area (Å²) in [5.41, 5.74) is 3.20. The number of piperazine rings is 1. The third-order valence-corrected chi connectivity index (χ3v) is 6.17. The van der Waals surface area contributed by atoms with Crippen molar-refractivity contribution in [3.8, 4) is 0 Å². The number of benzene rings is 3. The minimum atomic E-state index is -0.340. The molecule has 2 amide bonds. The Morgan fingerprint density at radius 2 is 1.60 bits per heavy atom. The van der Waals surface area contributed by atoms with E-state index in [0.717, 1.165) is 37.3 Å². The van der Waals surface area contributed by atoms with Crippen molar-refractivity contribution in [2.45, 2.75) is 13.0 Å². The predicted octanol–water partition coefficient (Wildman–Crippen LogP) is 4.39. The summed E-state index contributed by atoms with van der Waals surface area (Å²) in [7, 11) is 2.06. The van der Waals surface area contributed by atoms with E-state index in [0.29, 0.717) is 17.7 Å². The van der Waals surface area contributed by atoms with E-state index in [1.165, 1.54) is 18.2 Å². The van der Waals surface area contributed by atoms with Crippen molar-refractivity contribution in [2.75, 3.05) is 38.1 Å². The van der Waals surface area contributed by atoms with Crippen LogP contribution < -0.4 is 4.90 Å². The number of likely N-dealkylation sites (N-methyl/N-ethyl adjacent to an activating group) is 1. The first-order valence-corrected chi connectivity index (χ1v) is 11.8. The van der Waals surface area contributed by atoms with Gasteiger partial charge in [-0.1, -0.05) is 54.6 Å². The molecule has 6 heteroatoms. The lowest BCUT2D eigenvalue weighted by Gasteiger charge is -2.32. The standard InChI is InChI=1S/C29H30FN3O2/c1-31-16-18-32(19-17-31)29(35)21-24-10-13-27(14-11-24)33(22-25-8-5-9-26(30)20-25)28(34)15-12-23-6-3-2-4-7-23/h2-15,20H,16-19,21-22H2,1H3/b15-12+. The maximum atomic E-state index is 13.8. The fourth-order valence-electron chi connectivity index (χ4n) is 4.07. The fraction of sp³-hybridized carbons (Fsp3) is 0.241. The van der Waals surface area contributed by atoms with Gasteiger partial charge in [0.05, 0.1) is 13.0 Å². The van der Waals surface area contributed by atoms with Gasteiger partial charge in [-0.15, -0.1) is 0 Å². The van der Waals surface area contributed by atoms with Gasteiger partial charge in [0.2, 0.25) is 5.91 Å². The van der Waals surface area contributed by atoms with E-state index < -0.39 is 0 Å². The molecule has 0 N–H and O–H groups in total. The highest BCUT2D eigenvalue weighted by atomic mass is 19.1. The number of carbonyl (C=O) groups excluding carboxylic acids is 2. The van der Waals surface area contributed by atoms with Crippen molar-refractivity contribution in [3.05, 3.63) is 107 Å². The summed E-state index contributed by atoms with van der Waals surface area (Å²) in [6.45, 7) is 3.50. The molecule has 1 fully saturated rings. The lowest BCUT2D eigenvalue weighted by atomic mass is 10.1. The van der Waals surface area contributed by atoms with Gasteiger partial charge in [0, 0.05) is 37.9 Å². The Morgan fingerprint density at radius 3 is 2.29 bits per heavy atom. The molecule has 180 valence electrons. The minimum Gasteiger partial charge on any atom is -0.340 e. The van der Waals surface area contributed by atoms with E-state index in [2.05, 4.69) is 11.9 Å². The van der Waals surface area contributed by atoms with Gasteiger partial charge < -0.3 is 14.7 Å². The van der Waals surface area contributed by atoms with Crippen LogP contribution in [0.15, 0.2) is 84.9 Å². The Bertz CT molecular complexity index is 1170. The van der Waals surface area contributed by atoms with Crippen molar-refractivity contribution < 1.29 is 14.0 Å². The monoisotopic (exact) mass is 471 g/mol. The van der Waals surface area contributed by atoms with Gasteiger partial charge in [-0.2, -0.15) is 0 Å². The molecule has 0 aromatic heterocycles. The second-order valence-electron chi connectivity index (χ2n) is 8.83. The highest BCUT2D eigenvalue weighted by molar-refractivity contribution is 6.03. The van der Waals surface area contributed by atoms with E-state index >= 15 is 0 Å². The average Bonchev–Trinajstić information content (AvgIpc) is 2.87. The summed E-state index contributed by atoms with van der Waals surface area (Å²) in [5.74, 6) is -0.434. The highest BCUT2D eigenvalue weighted by Crippen LogP contribution is 2.21. The SMILES string of the molecule is CN1CCN(C(=O)Cc2ccc(N(Cc3cccc(F)c3)C(=O)/C=C/c3ccccc3)cc2)CC1. The summed E-state index contributed by atoms with van der Waals surface area (Å²) in [5, 5.41) is 0. The van der Waals surface area contributed by atoms with Crippen molar-refractivity contribution >= 4 is 23.6 Å². The van der Waals surface area contributed by atoms with Crippen molar-refractivity contribution in [1.29, 1.82) is 0 Å². The van der Waals surface area contributed by atoms with Crippen LogP contribution in [0.4, 0.5) is 10.1 Å². The molecule has 0 unspecified atom stereocenters. The zero-order chi connectivity index (χ0) is 24.6. The molecule has 0 radical (unpaired) electrons. The molecule has 3 aromatic carbocycles. The van der Waals surface area contributed by atoms with E-state index in [-0.39, 0.29) is 24.2 Å². The van der Waals surface area contributed by atoms with E-state index in [4.69, 9.17) is 0 Å². The topological polar surface area (TPSA) is 43.9 Å². The summed E-state index contributed by atoms with van der Waals surface area (Å²) in [6.07, 6.45) is 3.62. The lowest BCUT2D eigenvalue weighted by molar-refractivity contribution is -0.132. The van der Waals surface area contributed by atoms with Gasteiger partial charge in [-0.25, -0.2) is 4.39 Å². The van der Waals surface area contributed by atoms with Crippen LogP contribution in [0, 0.1) is 5.82 Å². The summed E-state index contributed by atoms with van der Waals surface area (Å²) in [6, 6.07) is 23.3. The molecule has 0 spiro atoms. The van der Waals surface area contributed by atoms with Crippen molar-refractivity contribution in [1.82, 2.24) is 9.80 Å². The fourth-order valence-corrected chi connectivity index (χ4v) is 4.07. The molecular weight excluding hydrogens is 441 g/mol. The van der Waals surface area contributed by atoms with E-state index in [1.807, 2.05) is 59.5 Å². The molecule has 0 aliphatic carbocycles. The first kappa shape index (κ1) is 24.4. The van der Waals surface area contributed by atoms with Gasteiger partial charge in [-0.05, 0) is 54.1 Å². The van der Waals surface area contributed by atoms with Gasteiger partial charge in [0.25, 0.3) is 5.91 Å². The smallest absolute Gasteiger partial charge is 0.251 e. The van der Waals surface area contributed by atoms with Crippen LogP contribution in [-0.4, -0.2) is 54.8 Å². The summed E-state index contributed by atoms with van der Waals surface area (Å²) >= 11 is 0. The quantitative estimate of drug-likeness (QED) is 0.480. The molecule has 0 bridgehead atoms. The third-order valence-electron chi connectivity index (χ3n) is 6.17.